The molecule has 0 aliphatic carbocycles. The Bertz CT molecular complexity index is 432. The third-order valence-electron chi connectivity index (χ3n) is 4.76. The maximum atomic E-state index is 5.76. The lowest BCUT2D eigenvalue weighted by Gasteiger charge is -2.36. The second kappa shape index (κ2) is 8.53. The van der Waals surface area contributed by atoms with Gasteiger partial charge in [-0.05, 0) is 60.7 Å². The normalized spacial score (nSPS) is 18.5. The third kappa shape index (κ3) is 5.10. The standard InChI is InChI=1S/C19H28OS/c1-3-19(11-14-21-15-12-19)10-7-13-20-16-17(2)18-8-5-4-6-9-18/h4-6,8-9,16H,3,7,10-15H2,1-2H3/b17-16-. The fourth-order valence-electron chi connectivity index (χ4n) is 3.07. The van der Waals surface area contributed by atoms with Gasteiger partial charge >= 0.3 is 0 Å². The highest BCUT2D eigenvalue weighted by Crippen LogP contribution is 2.41. The molecule has 21 heavy (non-hydrogen) atoms. The van der Waals surface area contributed by atoms with Crippen LogP contribution in [0.5, 0.6) is 0 Å². The maximum absolute atomic E-state index is 5.76. The first-order valence-electron chi connectivity index (χ1n) is 8.17. The van der Waals surface area contributed by atoms with Crippen molar-refractivity contribution in [1.82, 2.24) is 0 Å². The zero-order chi connectivity index (χ0) is 15.0. The molecular weight excluding hydrogens is 276 g/mol. The van der Waals surface area contributed by atoms with Gasteiger partial charge in [-0.15, -0.1) is 0 Å². The first kappa shape index (κ1) is 16.5. The Labute approximate surface area is 134 Å². The van der Waals surface area contributed by atoms with Crippen molar-refractivity contribution in [3.63, 3.8) is 0 Å². The van der Waals surface area contributed by atoms with Crippen LogP contribution in [0.2, 0.25) is 0 Å². The van der Waals surface area contributed by atoms with Crippen LogP contribution in [0, 0.1) is 5.41 Å². The minimum Gasteiger partial charge on any atom is -0.501 e. The Hall–Kier alpha value is -0.890. The van der Waals surface area contributed by atoms with Gasteiger partial charge in [0.2, 0.25) is 0 Å². The molecule has 1 saturated heterocycles. The molecule has 1 aromatic carbocycles. The number of ether oxygens (including phenoxy) is 1. The number of rotatable bonds is 7. The van der Waals surface area contributed by atoms with Crippen molar-refractivity contribution < 1.29 is 4.74 Å². The van der Waals surface area contributed by atoms with E-state index in [2.05, 4.69) is 49.9 Å². The van der Waals surface area contributed by atoms with Gasteiger partial charge in [0.15, 0.2) is 0 Å². The second-order valence-electron chi connectivity index (χ2n) is 6.11. The van der Waals surface area contributed by atoms with Crippen molar-refractivity contribution in [2.45, 2.75) is 46.0 Å². The second-order valence-corrected chi connectivity index (χ2v) is 7.33. The molecule has 1 fully saturated rings. The van der Waals surface area contributed by atoms with Gasteiger partial charge in [0.1, 0.15) is 0 Å². The molecule has 0 atom stereocenters. The van der Waals surface area contributed by atoms with Crippen molar-refractivity contribution in [2.24, 2.45) is 5.41 Å². The van der Waals surface area contributed by atoms with Gasteiger partial charge in [-0.1, -0.05) is 43.7 Å². The number of hydrogen-bond donors (Lipinski definition) is 0. The van der Waals surface area contributed by atoms with Crippen LogP contribution in [0.4, 0.5) is 0 Å². The highest BCUT2D eigenvalue weighted by molar-refractivity contribution is 7.99. The summed E-state index contributed by atoms with van der Waals surface area (Å²) in [4.78, 5) is 0. The number of benzene rings is 1. The molecule has 0 spiro atoms. The molecule has 116 valence electrons. The average molecular weight is 304 g/mol. The van der Waals surface area contributed by atoms with E-state index in [4.69, 9.17) is 4.74 Å². The van der Waals surface area contributed by atoms with Crippen LogP contribution in [0.15, 0.2) is 36.6 Å². The largest absolute Gasteiger partial charge is 0.501 e. The molecular formula is C19H28OS. The summed E-state index contributed by atoms with van der Waals surface area (Å²) in [6.07, 6.45) is 8.54. The van der Waals surface area contributed by atoms with Crippen LogP contribution < -0.4 is 0 Å². The smallest absolute Gasteiger partial charge is 0.0873 e. The molecule has 0 radical (unpaired) electrons. The van der Waals surface area contributed by atoms with Crippen molar-refractivity contribution in [3.05, 3.63) is 42.2 Å². The van der Waals surface area contributed by atoms with Crippen molar-refractivity contribution in [1.29, 1.82) is 0 Å². The first-order valence-corrected chi connectivity index (χ1v) is 9.33. The molecule has 1 nitrogen and oxygen atoms in total. The van der Waals surface area contributed by atoms with Crippen LogP contribution in [0.25, 0.3) is 5.57 Å². The summed E-state index contributed by atoms with van der Waals surface area (Å²) in [5, 5.41) is 0. The third-order valence-corrected chi connectivity index (χ3v) is 5.75. The Kier molecular flexibility index (Phi) is 6.69. The van der Waals surface area contributed by atoms with E-state index in [1.807, 2.05) is 12.3 Å². The molecule has 0 unspecified atom stereocenters. The summed E-state index contributed by atoms with van der Waals surface area (Å²) in [5.41, 5.74) is 3.05. The van der Waals surface area contributed by atoms with E-state index >= 15 is 0 Å². The van der Waals surface area contributed by atoms with Gasteiger partial charge < -0.3 is 4.74 Å². The molecule has 1 aromatic rings. The molecule has 0 N–H and O–H groups in total. The fourth-order valence-corrected chi connectivity index (χ4v) is 4.43. The van der Waals surface area contributed by atoms with Crippen LogP contribution in [-0.2, 0) is 4.74 Å². The first-order chi connectivity index (χ1) is 10.3. The quantitative estimate of drug-likeness (QED) is 0.467. The highest BCUT2D eigenvalue weighted by Gasteiger charge is 2.29. The number of hydrogen-bond acceptors (Lipinski definition) is 2. The van der Waals surface area contributed by atoms with Crippen LogP contribution in [0.1, 0.15) is 51.5 Å². The molecule has 0 aromatic heterocycles. The minimum atomic E-state index is 0.604. The SMILES string of the molecule is CCC1(CCCO/C=C(/C)c2ccccc2)CCSCC1. The predicted molar refractivity (Wildman–Crippen MR) is 94.6 cm³/mol. The van der Waals surface area contributed by atoms with E-state index in [1.165, 1.54) is 54.7 Å². The van der Waals surface area contributed by atoms with Crippen molar-refractivity contribution >= 4 is 17.3 Å². The van der Waals surface area contributed by atoms with E-state index in [0.29, 0.717) is 5.41 Å². The molecule has 1 heterocycles. The lowest BCUT2D eigenvalue weighted by atomic mass is 9.76. The van der Waals surface area contributed by atoms with Gasteiger partial charge in [-0.3, -0.25) is 0 Å². The Morgan fingerprint density at radius 2 is 1.95 bits per heavy atom. The van der Waals surface area contributed by atoms with Gasteiger partial charge in [-0.25, -0.2) is 0 Å². The van der Waals surface area contributed by atoms with Crippen molar-refractivity contribution in [3.8, 4) is 0 Å². The van der Waals surface area contributed by atoms with E-state index in [9.17, 15) is 0 Å². The summed E-state index contributed by atoms with van der Waals surface area (Å²) in [5.74, 6) is 2.70. The van der Waals surface area contributed by atoms with Crippen LogP contribution in [-0.4, -0.2) is 18.1 Å². The maximum Gasteiger partial charge on any atom is 0.0873 e. The zero-order valence-electron chi connectivity index (χ0n) is 13.4. The van der Waals surface area contributed by atoms with Gasteiger partial charge in [-0.2, -0.15) is 11.8 Å². The molecule has 0 saturated carbocycles. The summed E-state index contributed by atoms with van der Waals surface area (Å²) >= 11 is 2.12. The number of thioether (sulfide) groups is 1. The minimum absolute atomic E-state index is 0.604. The average Bonchev–Trinajstić information content (AvgIpc) is 2.56. The molecule has 2 rings (SSSR count). The van der Waals surface area contributed by atoms with E-state index in [1.54, 1.807) is 0 Å². The van der Waals surface area contributed by atoms with Gasteiger partial charge in [0.05, 0.1) is 12.9 Å². The van der Waals surface area contributed by atoms with E-state index in [0.717, 1.165) is 6.61 Å². The highest BCUT2D eigenvalue weighted by atomic mass is 32.2. The van der Waals surface area contributed by atoms with Crippen LogP contribution in [0.3, 0.4) is 0 Å². The van der Waals surface area contributed by atoms with E-state index < -0.39 is 0 Å². The Morgan fingerprint density at radius 1 is 1.24 bits per heavy atom. The van der Waals surface area contributed by atoms with Crippen LogP contribution >= 0.6 is 11.8 Å². The van der Waals surface area contributed by atoms with E-state index in [-0.39, 0.29) is 0 Å². The Balaban J connectivity index is 1.72. The molecule has 1 aliphatic rings. The van der Waals surface area contributed by atoms with Crippen molar-refractivity contribution in [2.75, 3.05) is 18.1 Å². The molecule has 0 amide bonds. The summed E-state index contributed by atoms with van der Waals surface area (Å²) in [6.45, 7) is 5.32. The zero-order valence-corrected chi connectivity index (χ0v) is 14.3. The monoisotopic (exact) mass is 304 g/mol. The van der Waals surface area contributed by atoms with Gasteiger partial charge in [0.25, 0.3) is 0 Å². The molecule has 1 aliphatic heterocycles. The lowest BCUT2D eigenvalue weighted by molar-refractivity contribution is 0.179. The topological polar surface area (TPSA) is 9.23 Å². The summed E-state index contributed by atoms with van der Waals surface area (Å²) in [7, 11) is 0. The van der Waals surface area contributed by atoms with Gasteiger partial charge in [0, 0.05) is 0 Å². The lowest BCUT2D eigenvalue weighted by Crippen LogP contribution is -2.25. The summed E-state index contributed by atoms with van der Waals surface area (Å²) in [6, 6.07) is 10.4. The Morgan fingerprint density at radius 3 is 2.62 bits per heavy atom. The predicted octanol–water partition coefficient (Wildman–Crippen LogP) is 5.77. The summed E-state index contributed by atoms with van der Waals surface area (Å²) < 4.78 is 5.76. The fraction of sp³-hybridized carbons (Fsp3) is 0.579. The molecule has 0 bridgehead atoms. The molecule has 2 heteroatoms. The number of allylic oxidation sites excluding steroid dienone is 1.